The van der Waals surface area contributed by atoms with Crippen LogP contribution in [0.25, 0.3) is 10.9 Å². The minimum atomic E-state index is -0.192. The molecule has 0 atom stereocenters. The third-order valence-corrected chi connectivity index (χ3v) is 4.52. The first-order valence-electron chi connectivity index (χ1n) is 8.93. The van der Waals surface area contributed by atoms with Crippen molar-refractivity contribution in [3.05, 3.63) is 70.9 Å². The number of hydrogen-bond acceptors (Lipinski definition) is 4. The van der Waals surface area contributed by atoms with Crippen LogP contribution in [0.4, 0.5) is 0 Å². The maximum atomic E-state index is 12.7. The summed E-state index contributed by atoms with van der Waals surface area (Å²) in [6, 6.07) is 14.6. The number of rotatable bonds is 5. The Morgan fingerprint density at radius 2 is 1.79 bits per heavy atom. The zero-order valence-electron chi connectivity index (χ0n) is 16.4. The second-order valence-electron chi connectivity index (χ2n) is 6.76. The van der Waals surface area contributed by atoms with E-state index in [2.05, 4.69) is 10.3 Å². The number of aryl methyl sites for hydroxylation is 1. The van der Waals surface area contributed by atoms with Crippen LogP contribution in [0, 0.1) is 6.92 Å². The highest BCUT2D eigenvalue weighted by molar-refractivity contribution is 5.98. The lowest BCUT2D eigenvalue weighted by atomic mass is 10.1. The monoisotopic (exact) mass is 377 g/mol. The van der Waals surface area contributed by atoms with E-state index in [9.17, 15) is 9.59 Å². The molecule has 1 aromatic heterocycles. The molecule has 0 unspecified atom stereocenters. The largest absolute Gasteiger partial charge is 0.497 e. The molecular weight excluding hydrogens is 354 g/mol. The second kappa shape index (κ2) is 8.08. The van der Waals surface area contributed by atoms with E-state index >= 15 is 0 Å². The third-order valence-electron chi connectivity index (χ3n) is 4.52. The van der Waals surface area contributed by atoms with Gasteiger partial charge in [0, 0.05) is 31.6 Å². The number of fused-ring (bicyclic) bond motifs is 1. The smallest absolute Gasteiger partial charge is 0.253 e. The normalized spacial score (nSPS) is 10.6. The van der Waals surface area contributed by atoms with Crippen molar-refractivity contribution in [1.82, 2.24) is 15.2 Å². The molecule has 144 valence electrons. The summed E-state index contributed by atoms with van der Waals surface area (Å²) in [7, 11) is 5.03. The van der Waals surface area contributed by atoms with Crippen LogP contribution in [0.1, 0.15) is 32.0 Å². The second-order valence-corrected chi connectivity index (χ2v) is 6.76. The fourth-order valence-corrected chi connectivity index (χ4v) is 2.91. The molecule has 0 saturated carbocycles. The Kier molecular flexibility index (Phi) is 5.59. The van der Waals surface area contributed by atoms with Crippen molar-refractivity contribution in [2.24, 2.45) is 0 Å². The number of carbonyl (C=O) groups excluding carboxylic acids is 2. The number of amides is 2. The predicted octanol–water partition coefficient (Wildman–Crippen LogP) is 3.18. The van der Waals surface area contributed by atoms with Crippen molar-refractivity contribution >= 4 is 22.7 Å². The van der Waals surface area contributed by atoms with Crippen molar-refractivity contribution in [3.8, 4) is 5.75 Å². The summed E-state index contributed by atoms with van der Waals surface area (Å²) in [5.74, 6) is 0.476. The number of carbonyl (C=O) groups is 2. The molecule has 3 aromatic rings. The van der Waals surface area contributed by atoms with Crippen LogP contribution in [0.15, 0.2) is 48.5 Å². The third kappa shape index (κ3) is 4.11. The van der Waals surface area contributed by atoms with Gasteiger partial charge in [0.2, 0.25) is 0 Å². The van der Waals surface area contributed by atoms with Gasteiger partial charge >= 0.3 is 0 Å². The molecule has 6 nitrogen and oxygen atoms in total. The number of nitrogens with zero attached hydrogens (tertiary/aromatic N) is 2. The maximum absolute atomic E-state index is 12.7. The number of benzene rings is 2. The number of nitrogens with one attached hydrogen (secondary N) is 1. The van der Waals surface area contributed by atoms with Gasteiger partial charge in [0.15, 0.2) is 0 Å². The number of pyridine rings is 1. The van der Waals surface area contributed by atoms with E-state index in [0.29, 0.717) is 23.4 Å². The van der Waals surface area contributed by atoms with Gasteiger partial charge in [-0.2, -0.15) is 0 Å². The van der Waals surface area contributed by atoms with Gasteiger partial charge in [0.25, 0.3) is 11.8 Å². The highest BCUT2D eigenvalue weighted by Crippen LogP contribution is 2.22. The molecule has 2 aromatic carbocycles. The Hall–Kier alpha value is -3.41. The molecule has 0 aliphatic carbocycles. The van der Waals surface area contributed by atoms with Gasteiger partial charge < -0.3 is 15.0 Å². The topological polar surface area (TPSA) is 71.5 Å². The average molecular weight is 377 g/mol. The van der Waals surface area contributed by atoms with E-state index in [0.717, 1.165) is 22.2 Å². The summed E-state index contributed by atoms with van der Waals surface area (Å²) < 4.78 is 5.24. The number of methoxy groups -OCH3 is 1. The van der Waals surface area contributed by atoms with E-state index < -0.39 is 0 Å². The molecule has 0 spiro atoms. The highest BCUT2D eigenvalue weighted by Gasteiger charge is 2.13. The SMILES string of the molecule is COc1ccc2nc(C)c(C(=O)NCc3ccc(C(=O)N(C)C)cc3)cc2c1. The van der Waals surface area contributed by atoms with E-state index in [1.165, 1.54) is 4.90 Å². The Morgan fingerprint density at radius 3 is 2.43 bits per heavy atom. The van der Waals surface area contributed by atoms with E-state index in [4.69, 9.17) is 4.74 Å². The fourth-order valence-electron chi connectivity index (χ4n) is 2.91. The molecule has 3 rings (SSSR count). The van der Waals surface area contributed by atoms with Crippen molar-refractivity contribution in [3.63, 3.8) is 0 Å². The first-order chi connectivity index (χ1) is 13.4. The first-order valence-corrected chi connectivity index (χ1v) is 8.93. The standard InChI is InChI=1S/C22H23N3O3/c1-14-19(12-17-11-18(28-4)9-10-20(17)24-14)21(26)23-13-15-5-7-16(8-6-15)22(27)25(2)3/h5-12H,13H2,1-4H3,(H,23,26). The summed E-state index contributed by atoms with van der Waals surface area (Å²) in [5.41, 5.74) is 3.54. The lowest BCUT2D eigenvalue weighted by molar-refractivity contribution is 0.0827. The summed E-state index contributed by atoms with van der Waals surface area (Å²) in [5, 5.41) is 3.76. The molecule has 0 aliphatic heterocycles. The van der Waals surface area contributed by atoms with Gasteiger partial charge in [-0.05, 0) is 48.9 Å². The van der Waals surface area contributed by atoms with Crippen LogP contribution >= 0.6 is 0 Å². The van der Waals surface area contributed by atoms with Crippen LogP contribution in [0.2, 0.25) is 0 Å². The molecule has 2 amide bonds. The molecule has 28 heavy (non-hydrogen) atoms. The zero-order valence-corrected chi connectivity index (χ0v) is 16.4. The van der Waals surface area contributed by atoms with Crippen molar-refractivity contribution in [1.29, 1.82) is 0 Å². The Labute approximate surface area is 164 Å². The summed E-state index contributed by atoms with van der Waals surface area (Å²) in [6.07, 6.45) is 0. The van der Waals surface area contributed by atoms with Crippen LogP contribution in [-0.2, 0) is 6.54 Å². The summed E-state index contributed by atoms with van der Waals surface area (Å²) in [6.45, 7) is 2.19. The minimum absolute atomic E-state index is 0.0520. The molecule has 0 fully saturated rings. The van der Waals surface area contributed by atoms with Crippen LogP contribution < -0.4 is 10.1 Å². The van der Waals surface area contributed by atoms with Crippen molar-refractivity contribution in [2.45, 2.75) is 13.5 Å². The van der Waals surface area contributed by atoms with Gasteiger partial charge in [0.1, 0.15) is 5.75 Å². The van der Waals surface area contributed by atoms with Crippen LogP contribution in [0.5, 0.6) is 5.75 Å². The van der Waals surface area contributed by atoms with Gasteiger partial charge in [-0.1, -0.05) is 12.1 Å². The van der Waals surface area contributed by atoms with Crippen LogP contribution in [-0.4, -0.2) is 42.9 Å². The molecule has 0 aliphatic rings. The average Bonchev–Trinajstić information content (AvgIpc) is 2.70. The number of ether oxygens (including phenoxy) is 1. The highest BCUT2D eigenvalue weighted by atomic mass is 16.5. The van der Waals surface area contributed by atoms with Crippen molar-refractivity contribution < 1.29 is 14.3 Å². The molecule has 1 heterocycles. The minimum Gasteiger partial charge on any atom is -0.497 e. The Morgan fingerprint density at radius 1 is 1.07 bits per heavy atom. The van der Waals surface area contributed by atoms with Crippen molar-refractivity contribution in [2.75, 3.05) is 21.2 Å². The zero-order chi connectivity index (χ0) is 20.3. The van der Waals surface area contributed by atoms with Gasteiger partial charge in [0.05, 0.1) is 23.9 Å². The van der Waals surface area contributed by atoms with E-state index in [-0.39, 0.29) is 11.8 Å². The molecule has 0 saturated heterocycles. The Balaban J connectivity index is 1.74. The van der Waals surface area contributed by atoms with Gasteiger partial charge in [-0.25, -0.2) is 0 Å². The van der Waals surface area contributed by atoms with Crippen LogP contribution in [0.3, 0.4) is 0 Å². The molecule has 0 bridgehead atoms. The number of aromatic nitrogens is 1. The number of hydrogen-bond donors (Lipinski definition) is 1. The molecule has 0 radical (unpaired) electrons. The quantitative estimate of drug-likeness (QED) is 0.741. The summed E-state index contributed by atoms with van der Waals surface area (Å²) in [4.78, 5) is 30.6. The van der Waals surface area contributed by atoms with Gasteiger partial charge in [-0.15, -0.1) is 0 Å². The van der Waals surface area contributed by atoms with Gasteiger partial charge in [-0.3, -0.25) is 14.6 Å². The summed E-state index contributed by atoms with van der Waals surface area (Å²) >= 11 is 0. The fraction of sp³-hybridized carbons (Fsp3) is 0.227. The first kappa shape index (κ1) is 19.4. The predicted molar refractivity (Wildman–Crippen MR) is 109 cm³/mol. The lowest BCUT2D eigenvalue weighted by Gasteiger charge is -2.11. The van der Waals surface area contributed by atoms with E-state index in [1.807, 2.05) is 43.3 Å². The lowest BCUT2D eigenvalue weighted by Crippen LogP contribution is -2.24. The molecule has 1 N–H and O–H groups in total. The maximum Gasteiger partial charge on any atom is 0.253 e. The molecule has 6 heteroatoms. The van der Waals surface area contributed by atoms with E-state index in [1.54, 1.807) is 33.3 Å². The molecular formula is C22H23N3O3. The Bertz CT molecular complexity index is 1030.